The van der Waals surface area contributed by atoms with Crippen LogP contribution in [0.3, 0.4) is 0 Å². The van der Waals surface area contributed by atoms with Gasteiger partial charge in [-0.25, -0.2) is 4.98 Å². The number of carbonyl (C=O) groups excluding carboxylic acids is 1. The molecule has 4 heterocycles. The van der Waals surface area contributed by atoms with Crippen molar-refractivity contribution >= 4 is 22.5 Å². The first kappa shape index (κ1) is 25.8. The molecule has 0 fully saturated rings. The van der Waals surface area contributed by atoms with Crippen molar-refractivity contribution in [2.45, 2.75) is 39.4 Å². The topological polar surface area (TPSA) is 68.8 Å². The fraction of sp³-hybridized carbons (Fsp3) is 0.267. The van der Waals surface area contributed by atoms with Crippen LogP contribution in [-0.2, 0) is 32.6 Å². The molecule has 6 rings (SSSR count). The minimum atomic E-state index is -4.64. The maximum absolute atomic E-state index is 14.2. The maximum atomic E-state index is 14.2. The van der Waals surface area contributed by atoms with Gasteiger partial charge >= 0.3 is 6.18 Å². The lowest BCUT2D eigenvalue weighted by Crippen LogP contribution is -2.38. The Balaban J connectivity index is 1.53. The Morgan fingerprint density at radius 1 is 1.02 bits per heavy atom. The number of aryl methyl sites for hydroxylation is 3. The highest BCUT2D eigenvalue weighted by molar-refractivity contribution is 6.13. The van der Waals surface area contributed by atoms with E-state index in [1.807, 2.05) is 29.8 Å². The Bertz CT molecular complexity index is 1750. The zero-order valence-electron chi connectivity index (χ0n) is 22.3. The molecular formula is C30H27F3N6O. The molecule has 0 spiro atoms. The summed E-state index contributed by atoms with van der Waals surface area (Å²) in [5.74, 6) is -0.249. The van der Waals surface area contributed by atoms with Crippen molar-refractivity contribution in [1.82, 2.24) is 24.3 Å². The highest BCUT2D eigenvalue weighted by Gasteiger charge is 2.39. The number of fused-ring (bicyclic) bond motifs is 2. The molecule has 7 nitrogen and oxygen atoms in total. The molecule has 0 unspecified atom stereocenters. The first-order chi connectivity index (χ1) is 19.1. The molecule has 3 aromatic heterocycles. The quantitative estimate of drug-likeness (QED) is 0.273. The van der Waals surface area contributed by atoms with E-state index in [9.17, 15) is 18.0 Å². The van der Waals surface area contributed by atoms with Gasteiger partial charge in [-0.05, 0) is 77.9 Å². The molecule has 0 atom stereocenters. The van der Waals surface area contributed by atoms with Crippen molar-refractivity contribution in [1.29, 1.82) is 0 Å². The summed E-state index contributed by atoms with van der Waals surface area (Å²) < 4.78 is 45.1. The molecule has 0 saturated carbocycles. The molecule has 1 aliphatic rings. The van der Waals surface area contributed by atoms with Crippen molar-refractivity contribution in [2.24, 2.45) is 7.05 Å². The van der Waals surface area contributed by atoms with E-state index in [0.29, 0.717) is 41.8 Å². The van der Waals surface area contributed by atoms with E-state index in [4.69, 9.17) is 0 Å². The molecule has 204 valence electrons. The number of rotatable bonds is 5. The molecule has 5 aromatic rings. The summed E-state index contributed by atoms with van der Waals surface area (Å²) in [6, 6.07) is 9.57. The number of imidazole rings is 1. The zero-order valence-corrected chi connectivity index (χ0v) is 22.3. The summed E-state index contributed by atoms with van der Waals surface area (Å²) in [4.78, 5) is 24.6. The summed E-state index contributed by atoms with van der Waals surface area (Å²) in [5, 5.41) is 4.61. The first-order valence-corrected chi connectivity index (χ1v) is 13.1. The van der Waals surface area contributed by atoms with Crippen LogP contribution >= 0.6 is 0 Å². The van der Waals surface area contributed by atoms with E-state index in [-0.39, 0.29) is 11.5 Å². The monoisotopic (exact) mass is 544 g/mol. The van der Waals surface area contributed by atoms with Crippen molar-refractivity contribution in [3.05, 3.63) is 95.0 Å². The van der Waals surface area contributed by atoms with Crippen LogP contribution < -0.4 is 4.90 Å². The Labute approximate surface area is 228 Å². The molecule has 40 heavy (non-hydrogen) atoms. The van der Waals surface area contributed by atoms with Crippen molar-refractivity contribution in [3.8, 4) is 11.1 Å². The van der Waals surface area contributed by atoms with Gasteiger partial charge in [-0.3, -0.25) is 14.5 Å². The largest absolute Gasteiger partial charge is 0.435 e. The van der Waals surface area contributed by atoms with Crippen LogP contribution in [0.1, 0.15) is 45.2 Å². The molecule has 1 aliphatic heterocycles. The van der Waals surface area contributed by atoms with Gasteiger partial charge in [0, 0.05) is 61.4 Å². The summed E-state index contributed by atoms with van der Waals surface area (Å²) >= 11 is 0. The molecule has 0 saturated heterocycles. The van der Waals surface area contributed by atoms with E-state index < -0.39 is 11.9 Å². The highest BCUT2D eigenvalue weighted by atomic mass is 19.4. The molecule has 0 radical (unpaired) electrons. The lowest BCUT2D eigenvalue weighted by atomic mass is 9.87. The molecule has 0 bridgehead atoms. The summed E-state index contributed by atoms with van der Waals surface area (Å²) in [5.41, 5.74) is 4.66. The predicted octanol–water partition coefficient (Wildman–Crippen LogP) is 5.97. The third-order valence-corrected chi connectivity index (χ3v) is 7.36. The second-order valence-electron chi connectivity index (χ2n) is 10.2. The standard InChI is InChI=1S/C30H27F3N6O/c1-4-19-11-24-26(35-14-19)9-18(2)10-27(24)39-7-5-21-22(25-16-37(3)36-28(25)30(31,32)33)12-20(13-23(21)29(39)40)15-38-8-6-34-17-38/h6,8-14,16-17H,4-5,7,15H2,1-3H3. The van der Waals surface area contributed by atoms with Crippen LogP contribution in [0.4, 0.5) is 18.9 Å². The Morgan fingerprint density at radius 2 is 1.82 bits per heavy atom. The number of nitrogens with zero attached hydrogens (tertiary/aromatic N) is 6. The smallest absolute Gasteiger partial charge is 0.333 e. The highest BCUT2D eigenvalue weighted by Crippen LogP contribution is 2.41. The van der Waals surface area contributed by atoms with E-state index >= 15 is 0 Å². The maximum Gasteiger partial charge on any atom is 0.435 e. The van der Waals surface area contributed by atoms with Gasteiger partial charge in [0.15, 0.2) is 5.69 Å². The number of anilines is 1. The number of halogens is 3. The summed E-state index contributed by atoms with van der Waals surface area (Å²) in [6.45, 7) is 4.70. The molecule has 2 aromatic carbocycles. The summed E-state index contributed by atoms with van der Waals surface area (Å²) in [6.07, 6.45) is 4.83. The van der Waals surface area contributed by atoms with Gasteiger partial charge in [0.05, 0.1) is 17.5 Å². The van der Waals surface area contributed by atoms with E-state index in [1.165, 1.54) is 17.9 Å². The van der Waals surface area contributed by atoms with Crippen molar-refractivity contribution in [3.63, 3.8) is 0 Å². The van der Waals surface area contributed by atoms with Gasteiger partial charge in [0.1, 0.15) is 0 Å². The second-order valence-corrected chi connectivity index (χ2v) is 10.2. The van der Waals surface area contributed by atoms with Gasteiger partial charge in [-0.15, -0.1) is 0 Å². The Morgan fingerprint density at radius 3 is 2.55 bits per heavy atom. The van der Waals surface area contributed by atoms with Gasteiger partial charge in [0.25, 0.3) is 5.91 Å². The van der Waals surface area contributed by atoms with E-state index in [2.05, 4.69) is 28.1 Å². The van der Waals surface area contributed by atoms with Gasteiger partial charge in [-0.2, -0.15) is 18.3 Å². The van der Waals surface area contributed by atoms with Crippen LogP contribution in [0, 0.1) is 6.92 Å². The number of hydrogen-bond donors (Lipinski definition) is 0. The molecule has 0 N–H and O–H groups in total. The van der Waals surface area contributed by atoms with Crippen LogP contribution in [-0.4, -0.2) is 36.8 Å². The number of hydrogen-bond acceptors (Lipinski definition) is 4. The van der Waals surface area contributed by atoms with Gasteiger partial charge in [-0.1, -0.05) is 6.92 Å². The second kappa shape index (κ2) is 9.62. The number of pyridine rings is 1. The van der Waals surface area contributed by atoms with Crippen LogP contribution in [0.2, 0.25) is 0 Å². The average molecular weight is 545 g/mol. The Hall–Kier alpha value is -4.47. The lowest BCUT2D eigenvalue weighted by Gasteiger charge is -2.31. The van der Waals surface area contributed by atoms with Crippen LogP contribution in [0.5, 0.6) is 0 Å². The van der Waals surface area contributed by atoms with E-state index in [1.54, 1.807) is 35.8 Å². The SMILES string of the molecule is CCc1cnc2cc(C)cc(N3CCc4c(cc(Cn5ccnc5)cc4-c4cn(C)nc4C(F)(F)F)C3=O)c2c1. The number of aromatic nitrogens is 5. The minimum Gasteiger partial charge on any atom is -0.333 e. The van der Waals surface area contributed by atoms with Gasteiger partial charge in [0.2, 0.25) is 0 Å². The molecular weight excluding hydrogens is 517 g/mol. The third kappa shape index (κ3) is 4.53. The van der Waals surface area contributed by atoms with Crippen molar-refractivity contribution in [2.75, 3.05) is 11.4 Å². The fourth-order valence-electron chi connectivity index (χ4n) is 5.52. The molecule has 10 heteroatoms. The normalized spacial score (nSPS) is 13.8. The minimum absolute atomic E-state index is 0.0298. The van der Waals surface area contributed by atoms with Crippen molar-refractivity contribution < 1.29 is 18.0 Å². The third-order valence-electron chi connectivity index (χ3n) is 7.36. The number of amides is 1. The number of carbonyl (C=O) groups is 1. The van der Waals surface area contributed by atoms with E-state index in [0.717, 1.165) is 34.1 Å². The molecule has 1 amide bonds. The zero-order chi connectivity index (χ0) is 28.2. The Kier molecular flexibility index (Phi) is 6.20. The average Bonchev–Trinajstić information content (AvgIpc) is 3.57. The van der Waals surface area contributed by atoms with Crippen LogP contribution in [0.15, 0.2) is 61.4 Å². The molecule has 0 aliphatic carbocycles. The first-order valence-electron chi connectivity index (χ1n) is 13.1. The number of benzene rings is 2. The predicted molar refractivity (Wildman–Crippen MR) is 146 cm³/mol. The van der Waals surface area contributed by atoms with Gasteiger partial charge < -0.3 is 9.47 Å². The lowest BCUT2D eigenvalue weighted by molar-refractivity contribution is -0.140. The van der Waals surface area contributed by atoms with Crippen LogP contribution in [0.25, 0.3) is 22.0 Å². The fourth-order valence-corrected chi connectivity index (χ4v) is 5.52. The summed E-state index contributed by atoms with van der Waals surface area (Å²) in [7, 11) is 1.47. The number of alkyl halides is 3.